The highest BCUT2D eigenvalue weighted by molar-refractivity contribution is 5.65. The van der Waals surface area contributed by atoms with Crippen LogP contribution in [-0.2, 0) is 18.3 Å². The van der Waals surface area contributed by atoms with Gasteiger partial charge in [-0.25, -0.2) is 4.68 Å². The SMILES string of the molecule is CCOCC(O)CN(Cc1c(-c2ccccc2)nn(C)c1Oc1ccccc1)C(C)CC. The largest absolute Gasteiger partial charge is 0.439 e. The average Bonchev–Trinajstić information content (AvgIpc) is 3.12. The Hall–Kier alpha value is -2.67. The van der Waals surface area contributed by atoms with Gasteiger partial charge in [-0.1, -0.05) is 55.5 Å². The van der Waals surface area contributed by atoms with Crippen LogP contribution in [0.15, 0.2) is 60.7 Å². The van der Waals surface area contributed by atoms with Crippen molar-refractivity contribution in [3.8, 4) is 22.9 Å². The third-order valence-electron chi connectivity index (χ3n) is 5.63. The molecule has 3 rings (SSSR count). The minimum absolute atomic E-state index is 0.277. The number of para-hydroxylation sites is 1. The molecule has 1 N–H and O–H groups in total. The molecule has 0 amide bonds. The fraction of sp³-hybridized carbons (Fsp3) is 0.423. The minimum Gasteiger partial charge on any atom is -0.439 e. The number of aromatic nitrogens is 2. The molecule has 1 aromatic heterocycles. The Morgan fingerprint density at radius 2 is 1.69 bits per heavy atom. The molecule has 6 nitrogen and oxygen atoms in total. The van der Waals surface area contributed by atoms with E-state index in [0.29, 0.717) is 32.2 Å². The van der Waals surface area contributed by atoms with E-state index >= 15 is 0 Å². The highest BCUT2D eigenvalue weighted by Gasteiger charge is 2.25. The van der Waals surface area contributed by atoms with Crippen molar-refractivity contribution in [2.75, 3.05) is 19.8 Å². The zero-order valence-corrected chi connectivity index (χ0v) is 19.6. The van der Waals surface area contributed by atoms with E-state index in [4.69, 9.17) is 14.6 Å². The summed E-state index contributed by atoms with van der Waals surface area (Å²) in [5.74, 6) is 1.48. The lowest BCUT2D eigenvalue weighted by molar-refractivity contribution is 0.0112. The van der Waals surface area contributed by atoms with Crippen molar-refractivity contribution in [1.82, 2.24) is 14.7 Å². The monoisotopic (exact) mass is 437 g/mol. The van der Waals surface area contributed by atoms with Crippen LogP contribution >= 0.6 is 0 Å². The maximum atomic E-state index is 10.6. The lowest BCUT2D eigenvalue weighted by Crippen LogP contribution is -2.40. The first-order valence-electron chi connectivity index (χ1n) is 11.4. The summed E-state index contributed by atoms with van der Waals surface area (Å²) in [7, 11) is 1.91. The van der Waals surface area contributed by atoms with Gasteiger partial charge in [-0.3, -0.25) is 4.90 Å². The summed E-state index contributed by atoms with van der Waals surface area (Å²) in [5, 5.41) is 15.4. The average molecular weight is 438 g/mol. The second-order valence-electron chi connectivity index (χ2n) is 8.04. The van der Waals surface area contributed by atoms with Crippen LogP contribution in [-0.4, -0.2) is 51.7 Å². The highest BCUT2D eigenvalue weighted by Crippen LogP contribution is 2.34. The Morgan fingerprint density at radius 3 is 2.31 bits per heavy atom. The molecule has 1 heterocycles. The molecule has 0 bridgehead atoms. The number of benzene rings is 2. The Labute approximate surface area is 191 Å². The van der Waals surface area contributed by atoms with Gasteiger partial charge < -0.3 is 14.6 Å². The number of aryl methyl sites for hydroxylation is 1. The van der Waals surface area contributed by atoms with E-state index < -0.39 is 6.10 Å². The Balaban J connectivity index is 1.98. The molecule has 0 aliphatic heterocycles. The van der Waals surface area contributed by atoms with Crippen molar-refractivity contribution in [2.45, 2.75) is 45.9 Å². The van der Waals surface area contributed by atoms with Crippen LogP contribution in [0.4, 0.5) is 0 Å². The summed E-state index contributed by atoms with van der Waals surface area (Å²) in [4.78, 5) is 2.28. The Morgan fingerprint density at radius 1 is 1.03 bits per heavy atom. The van der Waals surface area contributed by atoms with Crippen LogP contribution in [0, 0.1) is 0 Å². The molecular weight excluding hydrogens is 402 g/mol. The molecule has 2 unspecified atom stereocenters. The van der Waals surface area contributed by atoms with Crippen LogP contribution in [0.25, 0.3) is 11.3 Å². The predicted molar refractivity (Wildman–Crippen MR) is 128 cm³/mol. The maximum absolute atomic E-state index is 10.6. The number of aliphatic hydroxyl groups is 1. The van der Waals surface area contributed by atoms with Gasteiger partial charge >= 0.3 is 0 Å². The zero-order chi connectivity index (χ0) is 22.9. The van der Waals surface area contributed by atoms with Crippen LogP contribution in [0.3, 0.4) is 0 Å². The molecule has 172 valence electrons. The summed E-state index contributed by atoms with van der Waals surface area (Å²) < 4.78 is 13.6. The topological polar surface area (TPSA) is 59.8 Å². The maximum Gasteiger partial charge on any atom is 0.222 e. The van der Waals surface area contributed by atoms with Crippen molar-refractivity contribution < 1.29 is 14.6 Å². The van der Waals surface area contributed by atoms with E-state index in [1.54, 1.807) is 4.68 Å². The molecule has 0 fully saturated rings. The van der Waals surface area contributed by atoms with Gasteiger partial charge in [-0.15, -0.1) is 0 Å². The molecule has 0 spiro atoms. The van der Waals surface area contributed by atoms with E-state index in [0.717, 1.165) is 29.0 Å². The van der Waals surface area contributed by atoms with Crippen molar-refractivity contribution in [2.24, 2.45) is 7.05 Å². The first-order chi connectivity index (χ1) is 15.5. The molecule has 0 radical (unpaired) electrons. The molecule has 2 atom stereocenters. The summed E-state index contributed by atoms with van der Waals surface area (Å²) in [6, 6.07) is 20.2. The quantitative estimate of drug-likeness (QED) is 0.438. The van der Waals surface area contributed by atoms with Gasteiger partial charge in [0.15, 0.2) is 0 Å². The van der Waals surface area contributed by atoms with Gasteiger partial charge in [0.1, 0.15) is 11.4 Å². The van der Waals surface area contributed by atoms with Gasteiger partial charge in [0.2, 0.25) is 5.88 Å². The van der Waals surface area contributed by atoms with Crippen LogP contribution in [0.5, 0.6) is 11.6 Å². The lowest BCUT2D eigenvalue weighted by atomic mass is 10.1. The van der Waals surface area contributed by atoms with Gasteiger partial charge in [0, 0.05) is 38.3 Å². The van der Waals surface area contributed by atoms with Gasteiger partial charge in [-0.2, -0.15) is 5.10 Å². The first kappa shape index (κ1) is 24.0. The molecule has 3 aromatic rings. The van der Waals surface area contributed by atoms with E-state index in [1.807, 2.05) is 62.5 Å². The molecule has 6 heteroatoms. The lowest BCUT2D eigenvalue weighted by Gasteiger charge is -2.30. The summed E-state index contributed by atoms with van der Waals surface area (Å²) in [5.41, 5.74) is 2.94. The molecule has 32 heavy (non-hydrogen) atoms. The van der Waals surface area contributed by atoms with Gasteiger partial charge in [-0.05, 0) is 32.4 Å². The van der Waals surface area contributed by atoms with Crippen LogP contribution < -0.4 is 4.74 Å². The number of nitrogens with zero attached hydrogens (tertiary/aromatic N) is 3. The fourth-order valence-corrected chi connectivity index (χ4v) is 3.69. The van der Waals surface area contributed by atoms with Crippen molar-refractivity contribution in [3.05, 3.63) is 66.2 Å². The number of hydrogen-bond donors (Lipinski definition) is 1. The second-order valence-corrected chi connectivity index (χ2v) is 8.04. The molecular formula is C26H35N3O3. The van der Waals surface area contributed by atoms with Gasteiger partial charge in [0.25, 0.3) is 0 Å². The van der Waals surface area contributed by atoms with E-state index in [1.165, 1.54) is 0 Å². The van der Waals surface area contributed by atoms with E-state index in [2.05, 4.69) is 30.9 Å². The number of ether oxygens (including phenoxy) is 2. The third kappa shape index (κ3) is 6.19. The van der Waals surface area contributed by atoms with Crippen LogP contribution in [0.1, 0.15) is 32.8 Å². The standard InChI is InChI=1S/C26H35N3O3/c1-5-20(3)29(17-22(30)19-31-6-2)18-24-25(21-13-9-7-10-14-21)27-28(4)26(24)32-23-15-11-8-12-16-23/h7-16,20,22,30H,5-6,17-19H2,1-4H3. The minimum atomic E-state index is -0.556. The predicted octanol–water partition coefficient (Wildman–Crippen LogP) is 4.88. The summed E-state index contributed by atoms with van der Waals surface area (Å²) in [6.07, 6.45) is 0.413. The van der Waals surface area contributed by atoms with Crippen LogP contribution in [0.2, 0.25) is 0 Å². The van der Waals surface area contributed by atoms with E-state index in [-0.39, 0.29) is 6.04 Å². The fourth-order valence-electron chi connectivity index (χ4n) is 3.69. The Bertz CT molecular complexity index is 944. The number of rotatable bonds is 12. The third-order valence-corrected chi connectivity index (χ3v) is 5.63. The molecule has 0 saturated carbocycles. The highest BCUT2D eigenvalue weighted by atomic mass is 16.5. The summed E-state index contributed by atoms with van der Waals surface area (Å²) in [6.45, 7) is 8.33. The zero-order valence-electron chi connectivity index (χ0n) is 19.6. The Kier molecular flexibility index (Phi) is 8.85. The van der Waals surface area contributed by atoms with Crippen molar-refractivity contribution in [3.63, 3.8) is 0 Å². The molecule has 0 aliphatic carbocycles. The molecule has 0 saturated heterocycles. The molecule has 2 aromatic carbocycles. The molecule has 0 aliphatic rings. The van der Waals surface area contributed by atoms with Gasteiger partial charge in [0.05, 0.1) is 18.3 Å². The summed E-state index contributed by atoms with van der Waals surface area (Å²) >= 11 is 0. The number of hydrogen-bond acceptors (Lipinski definition) is 5. The first-order valence-corrected chi connectivity index (χ1v) is 11.4. The van der Waals surface area contributed by atoms with Crippen molar-refractivity contribution in [1.29, 1.82) is 0 Å². The van der Waals surface area contributed by atoms with E-state index in [9.17, 15) is 5.11 Å². The number of aliphatic hydroxyl groups excluding tert-OH is 1. The second kappa shape index (κ2) is 11.8. The van der Waals surface area contributed by atoms with Crippen molar-refractivity contribution >= 4 is 0 Å². The smallest absolute Gasteiger partial charge is 0.222 e. The normalized spacial score (nSPS) is 13.3.